The van der Waals surface area contributed by atoms with Crippen LogP contribution < -0.4 is 0 Å². The SMILES string of the molecule is Cc1cc(C)cc(C(=O)N(C)[C@@H]2CCO[C@H](c3ccc(F)cc3)C2)c1. The molecular weight excluding hydrogens is 317 g/mol. The molecule has 2 aromatic rings. The highest BCUT2D eigenvalue weighted by Crippen LogP contribution is 2.31. The van der Waals surface area contributed by atoms with Crippen molar-refractivity contribution in [1.82, 2.24) is 4.90 Å². The zero-order valence-corrected chi connectivity index (χ0v) is 15.0. The molecule has 3 nitrogen and oxygen atoms in total. The van der Waals surface area contributed by atoms with Crippen LogP contribution in [0, 0.1) is 19.7 Å². The summed E-state index contributed by atoms with van der Waals surface area (Å²) < 4.78 is 19.0. The number of nitrogens with zero attached hydrogens (tertiary/aromatic N) is 1. The molecule has 1 aliphatic rings. The van der Waals surface area contributed by atoms with E-state index in [0.29, 0.717) is 6.61 Å². The highest BCUT2D eigenvalue weighted by Gasteiger charge is 2.29. The molecule has 0 aromatic heterocycles. The van der Waals surface area contributed by atoms with E-state index in [1.807, 2.05) is 37.9 Å². The summed E-state index contributed by atoms with van der Waals surface area (Å²) in [5.74, 6) is -0.213. The van der Waals surface area contributed by atoms with Crippen LogP contribution >= 0.6 is 0 Å². The number of aryl methyl sites for hydroxylation is 2. The van der Waals surface area contributed by atoms with Crippen LogP contribution in [0.2, 0.25) is 0 Å². The number of hydrogen-bond acceptors (Lipinski definition) is 2. The van der Waals surface area contributed by atoms with Crippen LogP contribution in [0.15, 0.2) is 42.5 Å². The summed E-state index contributed by atoms with van der Waals surface area (Å²) >= 11 is 0. The van der Waals surface area contributed by atoms with Crippen molar-refractivity contribution in [2.45, 2.75) is 38.8 Å². The van der Waals surface area contributed by atoms with E-state index in [1.54, 1.807) is 12.1 Å². The largest absolute Gasteiger partial charge is 0.373 e. The fourth-order valence-corrected chi connectivity index (χ4v) is 3.51. The van der Waals surface area contributed by atoms with Gasteiger partial charge >= 0.3 is 0 Å². The van der Waals surface area contributed by atoms with Gasteiger partial charge in [0.05, 0.1) is 6.10 Å². The first-order valence-electron chi connectivity index (χ1n) is 8.66. The number of benzene rings is 2. The van der Waals surface area contributed by atoms with Crippen molar-refractivity contribution in [1.29, 1.82) is 0 Å². The molecule has 3 rings (SSSR count). The molecule has 132 valence electrons. The third kappa shape index (κ3) is 4.07. The van der Waals surface area contributed by atoms with Crippen molar-refractivity contribution >= 4 is 5.91 Å². The predicted molar refractivity (Wildman–Crippen MR) is 96.1 cm³/mol. The summed E-state index contributed by atoms with van der Waals surface area (Å²) in [6, 6.07) is 12.5. The number of carbonyl (C=O) groups excluding carboxylic acids is 1. The lowest BCUT2D eigenvalue weighted by Gasteiger charge is -2.35. The van der Waals surface area contributed by atoms with Gasteiger partial charge in [-0.15, -0.1) is 0 Å². The Hall–Kier alpha value is -2.20. The lowest BCUT2D eigenvalue weighted by Crippen LogP contribution is -2.41. The van der Waals surface area contributed by atoms with Crippen LogP contribution in [0.25, 0.3) is 0 Å². The summed E-state index contributed by atoms with van der Waals surface area (Å²) in [5, 5.41) is 0. The molecule has 0 bridgehead atoms. The van der Waals surface area contributed by atoms with Gasteiger partial charge in [-0.3, -0.25) is 4.79 Å². The first-order valence-corrected chi connectivity index (χ1v) is 8.66. The first-order chi connectivity index (χ1) is 11.9. The molecule has 1 aliphatic heterocycles. The van der Waals surface area contributed by atoms with Gasteiger partial charge in [0, 0.05) is 25.3 Å². The Morgan fingerprint density at radius 1 is 1.12 bits per heavy atom. The van der Waals surface area contributed by atoms with Gasteiger partial charge in [-0.2, -0.15) is 0 Å². The molecule has 1 fully saturated rings. The lowest BCUT2D eigenvalue weighted by molar-refractivity contribution is -0.0197. The van der Waals surface area contributed by atoms with Gasteiger partial charge in [-0.1, -0.05) is 29.3 Å². The molecule has 25 heavy (non-hydrogen) atoms. The first kappa shape index (κ1) is 17.6. The average molecular weight is 341 g/mol. The van der Waals surface area contributed by atoms with Gasteiger partial charge in [0.2, 0.25) is 0 Å². The number of carbonyl (C=O) groups is 1. The predicted octanol–water partition coefficient (Wildman–Crippen LogP) is 4.43. The van der Waals surface area contributed by atoms with Gasteiger partial charge in [-0.25, -0.2) is 4.39 Å². The Labute approximate surface area is 148 Å². The van der Waals surface area contributed by atoms with Crippen LogP contribution in [0.4, 0.5) is 4.39 Å². The summed E-state index contributed by atoms with van der Waals surface area (Å²) in [6.07, 6.45) is 1.43. The van der Waals surface area contributed by atoms with Gasteiger partial charge in [-0.05, 0) is 56.5 Å². The minimum Gasteiger partial charge on any atom is -0.373 e. The summed E-state index contributed by atoms with van der Waals surface area (Å²) in [5.41, 5.74) is 3.86. The average Bonchev–Trinajstić information content (AvgIpc) is 2.60. The van der Waals surface area contributed by atoms with E-state index in [2.05, 4.69) is 6.07 Å². The Morgan fingerprint density at radius 2 is 1.76 bits per heavy atom. The minimum atomic E-state index is -0.252. The Bertz CT molecular complexity index is 737. The molecule has 4 heteroatoms. The molecule has 0 aliphatic carbocycles. The highest BCUT2D eigenvalue weighted by molar-refractivity contribution is 5.94. The zero-order valence-electron chi connectivity index (χ0n) is 15.0. The second-order valence-corrected chi connectivity index (χ2v) is 6.88. The summed E-state index contributed by atoms with van der Waals surface area (Å²) in [7, 11) is 1.86. The second-order valence-electron chi connectivity index (χ2n) is 6.88. The number of amides is 1. The van der Waals surface area contributed by atoms with Crippen molar-refractivity contribution in [3.63, 3.8) is 0 Å². The van der Waals surface area contributed by atoms with E-state index in [0.717, 1.165) is 35.1 Å². The molecule has 1 amide bonds. The van der Waals surface area contributed by atoms with E-state index in [-0.39, 0.29) is 23.9 Å². The maximum absolute atomic E-state index is 13.1. The number of hydrogen-bond donors (Lipinski definition) is 0. The Kier molecular flexibility index (Phi) is 5.19. The molecular formula is C21H24FNO2. The monoisotopic (exact) mass is 341 g/mol. The third-order valence-electron chi connectivity index (χ3n) is 4.83. The van der Waals surface area contributed by atoms with Gasteiger partial charge < -0.3 is 9.64 Å². The lowest BCUT2D eigenvalue weighted by atomic mass is 9.96. The van der Waals surface area contributed by atoms with Gasteiger partial charge in [0.1, 0.15) is 5.82 Å². The molecule has 0 saturated carbocycles. The molecule has 0 N–H and O–H groups in total. The Balaban J connectivity index is 1.73. The van der Waals surface area contributed by atoms with E-state index in [9.17, 15) is 9.18 Å². The molecule has 1 saturated heterocycles. The smallest absolute Gasteiger partial charge is 0.253 e. The normalized spacial score (nSPS) is 20.3. The van der Waals surface area contributed by atoms with E-state index >= 15 is 0 Å². The van der Waals surface area contributed by atoms with Crippen LogP contribution in [0.3, 0.4) is 0 Å². The quantitative estimate of drug-likeness (QED) is 0.826. The van der Waals surface area contributed by atoms with Crippen molar-refractivity contribution < 1.29 is 13.9 Å². The van der Waals surface area contributed by atoms with Crippen LogP contribution in [0.5, 0.6) is 0 Å². The van der Waals surface area contributed by atoms with Crippen LogP contribution in [0.1, 0.15) is 46.0 Å². The molecule has 1 heterocycles. The second kappa shape index (κ2) is 7.36. The summed E-state index contributed by atoms with van der Waals surface area (Å²) in [6.45, 7) is 4.60. The molecule has 0 spiro atoms. The van der Waals surface area contributed by atoms with E-state index in [4.69, 9.17) is 4.74 Å². The minimum absolute atomic E-state index is 0.0385. The fraction of sp³-hybridized carbons (Fsp3) is 0.381. The number of ether oxygens (including phenoxy) is 1. The van der Waals surface area contributed by atoms with Gasteiger partial charge in [0.15, 0.2) is 0 Å². The van der Waals surface area contributed by atoms with E-state index in [1.165, 1.54) is 12.1 Å². The number of halogens is 1. The van der Waals surface area contributed by atoms with Crippen LogP contribution in [-0.4, -0.2) is 30.5 Å². The molecule has 0 unspecified atom stereocenters. The molecule has 2 atom stereocenters. The number of rotatable bonds is 3. The van der Waals surface area contributed by atoms with Crippen LogP contribution in [-0.2, 0) is 4.74 Å². The van der Waals surface area contributed by atoms with Crippen molar-refractivity contribution in [2.24, 2.45) is 0 Å². The zero-order chi connectivity index (χ0) is 18.0. The third-order valence-corrected chi connectivity index (χ3v) is 4.83. The van der Waals surface area contributed by atoms with Crippen molar-refractivity contribution in [3.05, 3.63) is 70.5 Å². The fourth-order valence-electron chi connectivity index (χ4n) is 3.51. The highest BCUT2D eigenvalue weighted by atomic mass is 19.1. The van der Waals surface area contributed by atoms with Crippen molar-refractivity contribution in [2.75, 3.05) is 13.7 Å². The molecule has 0 radical (unpaired) electrons. The Morgan fingerprint density at radius 3 is 2.40 bits per heavy atom. The summed E-state index contributed by atoms with van der Waals surface area (Å²) in [4.78, 5) is 14.7. The molecule has 2 aromatic carbocycles. The standard InChI is InChI=1S/C21H24FNO2/c1-14-10-15(2)12-17(11-14)21(24)23(3)19-8-9-25-20(13-19)16-4-6-18(22)7-5-16/h4-7,10-12,19-20H,8-9,13H2,1-3H3/t19-,20+/m1/s1. The van der Waals surface area contributed by atoms with Gasteiger partial charge in [0.25, 0.3) is 5.91 Å². The van der Waals surface area contributed by atoms with E-state index < -0.39 is 0 Å². The topological polar surface area (TPSA) is 29.5 Å². The maximum atomic E-state index is 13.1. The van der Waals surface area contributed by atoms with Crippen molar-refractivity contribution in [3.8, 4) is 0 Å². The maximum Gasteiger partial charge on any atom is 0.253 e.